The third kappa shape index (κ3) is 12.4. The molecular weight excluding hydrogens is 444 g/mol. The molecule has 0 aliphatic carbocycles. The highest BCUT2D eigenvalue weighted by atomic mass is 79.9. The lowest BCUT2D eigenvalue weighted by atomic mass is 10.4. The molecule has 0 radical (unpaired) electrons. The van der Waals surface area contributed by atoms with Crippen molar-refractivity contribution in [1.82, 2.24) is 0 Å². The molecule has 140 valence electrons. The van der Waals surface area contributed by atoms with Crippen LogP contribution in [0.5, 0.6) is 0 Å². The van der Waals surface area contributed by atoms with E-state index >= 15 is 0 Å². The van der Waals surface area contributed by atoms with Crippen molar-refractivity contribution in [2.45, 2.75) is 122 Å². The van der Waals surface area contributed by atoms with Crippen LogP contribution in [0.1, 0.15) is 85.5 Å². The molecule has 0 aliphatic heterocycles. The first kappa shape index (κ1) is 24.4. The number of hydrogen-bond donors (Lipinski definition) is 0. The average molecular weight is 487 g/mol. The second kappa shape index (κ2) is 14.6. The lowest BCUT2D eigenvalue weighted by Gasteiger charge is -2.29. The molecule has 0 saturated carbocycles. The minimum absolute atomic E-state index is 1.14. The SMILES string of the molecule is CCCC[Si](Br)(CCCC)CCC[Si](Br)(CCCC)CCCC. The maximum absolute atomic E-state index is 4.30. The van der Waals surface area contributed by atoms with Gasteiger partial charge in [-0.15, -0.1) is 30.6 Å². The fourth-order valence-electron chi connectivity index (χ4n) is 3.45. The number of halogens is 2. The summed E-state index contributed by atoms with van der Waals surface area (Å²) < 4.78 is 0. The van der Waals surface area contributed by atoms with Crippen LogP contribution >= 0.6 is 30.6 Å². The molecule has 4 heteroatoms. The maximum Gasteiger partial charge on any atom is 0.130 e. The van der Waals surface area contributed by atoms with Crippen LogP contribution in [0.4, 0.5) is 0 Å². The van der Waals surface area contributed by atoms with E-state index in [1.807, 2.05) is 0 Å². The summed E-state index contributed by atoms with van der Waals surface area (Å²) in [6.07, 6.45) is 12.6. The molecular formula is C19H42Br2Si2. The van der Waals surface area contributed by atoms with Crippen LogP contribution in [0.15, 0.2) is 0 Å². The van der Waals surface area contributed by atoms with E-state index in [9.17, 15) is 0 Å². The third-order valence-corrected chi connectivity index (χ3v) is 19.8. The van der Waals surface area contributed by atoms with Crippen LogP contribution in [0.25, 0.3) is 0 Å². The summed E-state index contributed by atoms with van der Waals surface area (Å²) in [5, 5.41) is 0. The van der Waals surface area contributed by atoms with Gasteiger partial charge in [0.2, 0.25) is 0 Å². The van der Waals surface area contributed by atoms with Crippen molar-refractivity contribution in [3.63, 3.8) is 0 Å². The van der Waals surface area contributed by atoms with Gasteiger partial charge in [-0.2, -0.15) is 0 Å². The average Bonchev–Trinajstić information content (AvgIpc) is 2.55. The highest BCUT2D eigenvalue weighted by molar-refractivity contribution is 9.26. The monoisotopic (exact) mass is 484 g/mol. The van der Waals surface area contributed by atoms with E-state index < -0.39 is 13.4 Å². The fraction of sp³-hybridized carbons (Fsp3) is 1.00. The Hall–Kier alpha value is 1.39. The van der Waals surface area contributed by atoms with Gasteiger partial charge in [0.1, 0.15) is 13.4 Å². The van der Waals surface area contributed by atoms with Crippen LogP contribution in [0, 0.1) is 0 Å². The molecule has 0 amide bonds. The van der Waals surface area contributed by atoms with Gasteiger partial charge in [0.15, 0.2) is 0 Å². The van der Waals surface area contributed by atoms with Crippen LogP contribution in [-0.2, 0) is 0 Å². The van der Waals surface area contributed by atoms with Crippen molar-refractivity contribution in [1.29, 1.82) is 0 Å². The maximum atomic E-state index is 4.30. The molecule has 0 aromatic rings. The predicted molar refractivity (Wildman–Crippen MR) is 122 cm³/mol. The molecule has 0 aromatic carbocycles. The van der Waals surface area contributed by atoms with E-state index in [-0.39, 0.29) is 0 Å². The largest absolute Gasteiger partial charge is 0.130 e. The molecule has 0 bridgehead atoms. The van der Waals surface area contributed by atoms with Crippen molar-refractivity contribution in [3.8, 4) is 0 Å². The summed E-state index contributed by atoms with van der Waals surface area (Å²) >= 11 is 8.60. The molecule has 0 N–H and O–H groups in total. The Bertz CT molecular complexity index is 230. The van der Waals surface area contributed by atoms with Crippen LogP contribution in [0.3, 0.4) is 0 Å². The summed E-state index contributed by atoms with van der Waals surface area (Å²) in [4.78, 5) is 0. The van der Waals surface area contributed by atoms with Gasteiger partial charge in [0.25, 0.3) is 0 Å². The second-order valence-electron chi connectivity index (χ2n) is 7.57. The van der Waals surface area contributed by atoms with E-state index in [0.29, 0.717) is 0 Å². The van der Waals surface area contributed by atoms with Gasteiger partial charge in [-0.05, 0) is 36.3 Å². The normalized spacial score (nSPS) is 12.8. The molecule has 0 unspecified atom stereocenters. The Morgan fingerprint density at radius 1 is 0.435 bits per heavy atom. The number of hydrogen-bond acceptors (Lipinski definition) is 0. The predicted octanol–water partition coefficient (Wildman–Crippen LogP) is 9.26. The second-order valence-corrected chi connectivity index (χ2v) is 25.3. The molecule has 0 aromatic heterocycles. The van der Waals surface area contributed by atoms with E-state index in [0.717, 1.165) is 0 Å². The van der Waals surface area contributed by atoms with E-state index in [2.05, 4.69) is 58.3 Å². The first-order valence-electron chi connectivity index (χ1n) is 10.3. The van der Waals surface area contributed by atoms with Crippen LogP contribution in [0.2, 0.25) is 36.3 Å². The Morgan fingerprint density at radius 2 is 0.652 bits per heavy atom. The van der Waals surface area contributed by atoms with E-state index in [1.54, 1.807) is 0 Å². The Labute approximate surface area is 165 Å². The molecule has 0 spiro atoms. The van der Waals surface area contributed by atoms with Crippen molar-refractivity contribution < 1.29 is 0 Å². The summed E-state index contributed by atoms with van der Waals surface area (Å²) in [5.74, 6) is 0. The summed E-state index contributed by atoms with van der Waals surface area (Å²) in [6, 6.07) is 9.06. The summed E-state index contributed by atoms with van der Waals surface area (Å²) in [7, 11) is 0. The Kier molecular flexibility index (Phi) is 15.4. The molecule has 0 fully saturated rings. The molecule has 0 heterocycles. The zero-order chi connectivity index (χ0) is 17.6. The smallest absolute Gasteiger partial charge is 0.126 e. The Morgan fingerprint density at radius 3 is 0.870 bits per heavy atom. The van der Waals surface area contributed by atoms with Crippen LogP contribution < -0.4 is 0 Å². The van der Waals surface area contributed by atoms with Gasteiger partial charge in [0.05, 0.1) is 0 Å². The van der Waals surface area contributed by atoms with Crippen molar-refractivity contribution in [3.05, 3.63) is 0 Å². The molecule has 0 atom stereocenters. The fourth-order valence-corrected chi connectivity index (χ4v) is 15.9. The lowest BCUT2D eigenvalue weighted by molar-refractivity contribution is 0.815. The molecule has 0 rings (SSSR count). The molecule has 0 aliphatic rings. The van der Waals surface area contributed by atoms with Gasteiger partial charge >= 0.3 is 0 Å². The van der Waals surface area contributed by atoms with E-state index in [1.165, 1.54) is 94.1 Å². The van der Waals surface area contributed by atoms with Crippen molar-refractivity contribution in [2.24, 2.45) is 0 Å². The van der Waals surface area contributed by atoms with Gasteiger partial charge in [0, 0.05) is 0 Å². The minimum Gasteiger partial charge on any atom is -0.126 e. The number of rotatable bonds is 16. The standard InChI is InChI=1S/C19H42Br2Si2/c1-5-9-14-22(20,15-10-6-2)18-13-19-23(21,16-11-7-3)17-12-8-4/h5-19H2,1-4H3. The van der Waals surface area contributed by atoms with Crippen molar-refractivity contribution in [2.75, 3.05) is 0 Å². The molecule has 0 nitrogen and oxygen atoms in total. The minimum atomic E-state index is -1.14. The van der Waals surface area contributed by atoms with Gasteiger partial charge in [-0.3, -0.25) is 0 Å². The zero-order valence-corrected chi connectivity index (χ0v) is 21.5. The first-order chi connectivity index (χ1) is 10.9. The number of unbranched alkanes of at least 4 members (excludes halogenated alkanes) is 4. The van der Waals surface area contributed by atoms with E-state index in [4.69, 9.17) is 0 Å². The summed E-state index contributed by atoms with van der Waals surface area (Å²) in [6.45, 7) is 7.08. The highest BCUT2D eigenvalue weighted by Crippen LogP contribution is 2.38. The van der Waals surface area contributed by atoms with Crippen molar-refractivity contribution >= 4 is 44.0 Å². The zero-order valence-electron chi connectivity index (χ0n) is 16.4. The quantitative estimate of drug-likeness (QED) is 0.151. The van der Waals surface area contributed by atoms with Gasteiger partial charge in [-0.1, -0.05) is 85.5 Å². The molecule has 23 heavy (non-hydrogen) atoms. The highest BCUT2D eigenvalue weighted by Gasteiger charge is 2.32. The van der Waals surface area contributed by atoms with Gasteiger partial charge in [-0.25, -0.2) is 0 Å². The first-order valence-corrected chi connectivity index (χ1v) is 20.1. The van der Waals surface area contributed by atoms with Gasteiger partial charge < -0.3 is 0 Å². The Balaban J connectivity index is 4.47. The van der Waals surface area contributed by atoms with Crippen LogP contribution in [-0.4, -0.2) is 13.4 Å². The lowest BCUT2D eigenvalue weighted by Crippen LogP contribution is -2.29. The molecule has 0 saturated heterocycles. The third-order valence-electron chi connectivity index (χ3n) is 5.16. The topological polar surface area (TPSA) is 0 Å². The summed E-state index contributed by atoms with van der Waals surface area (Å²) in [5.41, 5.74) is 0.